The summed E-state index contributed by atoms with van der Waals surface area (Å²) in [6.07, 6.45) is 2.97. The van der Waals surface area contributed by atoms with Crippen LogP contribution in [-0.4, -0.2) is 60.3 Å². The first-order valence-electron chi connectivity index (χ1n) is 10.5. The van der Waals surface area contributed by atoms with Gasteiger partial charge in [-0.25, -0.2) is 0 Å². The Bertz CT molecular complexity index is 784. The molecular formula is C22H30ClN3O4. The van der Waals surface area contributed by atoms with Crippen molar-refractivity contribution in [2.45, 2.75) is 39.0 Å². The summed E-state index contributed by atoms with van der Waals surface area (Å²) in [4.78, 5) is 39.9. The lowest BCUT2D eigenvalue weighted by Crippen LogP contribution is -2.50. The summed E-state index contributed by atoms with van der Waals surface area (Å²) < 4.78 is 5.94. The Balaban J connectivity index is 1.57. The molecule has 0 atom stereocenters. The average Bonchev–Trinajstić information content (AvgIpc) is 2.72. The van der Waals surface area contributed by atoms with E-state index in [1.807, 2.05) is 17.0 Å². The molecule has 0 bridgehead atoms. The van der Waals surface area contributed by atoms with Gasteiger partial charge in [0.25, 0.3) is 0 Å². The van der Waals surface area contributed by atoms with Gasteiger partial charge in [0, 0.05) is 55.9 Å². The molecular weight excluding hydrogens is 406 g/mol. The number of ether oxygens (including phenoxy) is 1. The molecule has 164 valence electrons. The van der Waals surface area contributed by atoms with Gasteiger partial charge < -0.3 is 20.3 Å². The number of piperidine rings is 2. The van der Waals surface area contributed by atoms with E-state index in [0.717, 1.165) is 0 Å². The van der Waals surface area contributed by atoms with Crippen molar-refractivity contribution in [3.63, 3.8) is 0 Å². The maximum Gasteiger partial charge on any atom is 0.225 e. The first kappa shape index (κ1) is 22.4. The monoisotopic (exact) mass is 435 g/mol. The smallest absolute Gasteiger partial charge is 0.225 e. The fourth-order valence-corrected chi connectivity index (χ4v) is 4.62. The van der Waals surface area contributed by atoms with Crippen LogP contribution in [0.15, 0.2) is 24.3 Å². The van der Waals surface area contributed by atoms with Crippen molar-refractivity contribution in [2.75, 3.05) is 32.8 Å². The highest BCUT2D eigenvalue weighted by molar-refractivity contribution is 6.30. The summed E-state index contributed by atoms with van der Waals surface area (Å²) in [5, 5.41) is 0.590. The minimum Gasteiger partial charge on any atom is -0.493 e. The van der Waals surface area contributed by atoms with Crippen LogP contribution in [0.3, 0.4) is 0 Å². The van der Waals surface area contributed by atoms with Crippen molar-refractivity contribution >= 4 is 29.3 Å². The quantitative estimate of drug-likeness (QED) is 0.742. The molecule has 3 amide bonds. The molecule has 1 aromatic rings. The number of hydrogen-bond acceptors (Lipinski definition) is 4. The van der Waals surface area contributed by atoms with Crippen LogP contribution in [-0.2, 0) is 14.4 Å². The topological polar surface area (TPSA) is 92.9 Å². The highest BCUT2D eigenvalue weighted by Crippen LogP contribution is 2.37. The largest absolute Gasteiger partial charge is 0.493 e. The van der Waals surface area contributed by atoms with Gasteiger partial charge in [0.2, 0.25) is 17.7 Å². The number of hydrogen-bond donors (Lipinski definition) is 1. The van der Waals surface area contributed by atoms with E-state index in [-0.39, 0.29) is 35.5 Å². The summed E-state index contributed by atoms with van der Waals surface area (Å²) in [5.41, 5.74) is 5.14. The third kappa shape index (κ3) is 5.65. The van der Waals surface area contributed by atoms with Crippen LogP contribution in [0.5, 0.6) is 5.75 Å². The Morgan fingerprint density at radius 1 is 1.13 bits per heavy atom. The van der Waals surface area contributed by atoms with Gasteiger partial charge in [0.15, 0.2) is 0 Å². The number of carbonyl (C=O) groups excluding carboxylic acids is 3. The van der Waals surface area contributed by atoms with Crippen LogP contribution in [0.1, 0.15) is 39.0 Å². The molecule has 2 aliphatic rings. The predicted molar refractivity (Wildman–Crippen MR) is 114 cm³/mol. The Morgan fingerprint density at radius 3 is 2.37 bits per heavy atom. The molecule has 0 saturated carbocycles. The molecule has 0 aliphatic carbocycles. The van der Waals surface area contributed by atoms with Gasteiger partial charge in [-0.05, 0) is 43.9 Å². The Morgan fingerprint density at radius 2 is 1.80 bits per heavy atom. The standard InChI is InChI=1S/C22H30ClN3O4/c1-16(27)25-9-5-17(6-10-25)21(29)26-11-7-22(8-12-26,14-20(24)28)15-30-19-4-2-3-18(23)13-19/h2-4,13,17H,5-12,14-15H2,1H3,(H2,24,28). The lowest BCUT2D eigenvalue weighted by molar-refractivity contribution is -0.142. The summed E-state index contributed by atoms with van der Waals surface area (Å²) >= 11 is 6.02. The van der Waals surface area contributed by atoms with Crippen LogP contribution in [0.4, 0.5) is 0 Å². The molecule has 0 radical (unpaired) electrons. The van der Waals surface area contributed by atoms with E-state index >= 15 is 0 Å². The zero-order chi connectivity index (χ0) is 21.7. The van der Waals surface area contributed by atoms with E-state index in [0.29, 0.717) is 69.2 Å². The number of carbonyl (C=O) groups is 3. The molecule has 2 heterocycles. The zero-order valence-corrected chi connectivity index (χ0v) is 18.2. The van der Waals surface area contributed by atoms with E-state index in [1.54, 1.807) is 24.0 Å². The van der Waals surface area contributed by atoms with Gasteiger partial charge in [-0.15, -0.1) is 0 Å². The molecule has 2 aliphatic heterocycles. The van der Waals surface area contributed by atoms with E-state index in [1.165, 1.54) is 0 Å². The number of rotatable bonds is 6. The molecule has 0 unspecified atom stereocenters. The van der Waals surface area contributed by atoms with Crippen molar-refractivity contribution in [2.24, 2.45) is 17.1 Å². The van der Waals surface area contributed by atoms with Crippen molar-refractivity contribution in [1.82, 2.24) is 9.80 Å². The van der Waals surface area contributed by atoms with Gasteiger partial charge in [-0.1, -0.05) is 17.7 Å². The molecule has 1 aromatic carbocycles. The Kier molecular flexibility index (Phi) is 7.23. The summed E-state index contributed by atoms with van der Waals surface area (Å²) in [6.45, 7) is 4.36. The summed E-state index contributed by atoms with van der Waals surface area (Å²) in [7, 11) is 0. The van der Waals surface area contributed by atoms with Crippen molar-refractivity contribution < 1.29 is 19.1 Å². The van der Waals surface area contributed by atoms with Crippen LogP contribution < -0.4 is 10.5 Å². The number of nitrogens with zero attached hydrogens (tertiary/aromatic N) is 2. The Labute approximate surface area is 182 Å². The van der Waals surface area contributed by atoms with Crippen LogP contribution >= 0.6 is 11.6 Å². The van der Waals surface area contributed by atoms with Gasteiger partial charge in [0.05, 0.1) is 6.61 Å². The first-order valence-corrected chi connectivity index (χ1v) is 10.9. The maximum atomic E-state index is 13.0. The minimum absolute atomic E-state index is 0.0352. The van der Waals surface area contributed by atoms with E-state index in [9.17, 15) is 14.4 Å². The summed E-state index contributed by atoms with van der Waals surface area (Å²) in [6, 6.07) is 7.16. The van der Waals surface area contributed by atoms with E-state index in [2.05, 4.69) is 0 Å². The molecule has 2 fully saturated rings. The average molecular weight is 436 g/mol. The SMILES string of the molecule is CC(=O)N1CCC(C(=O)N2CCC(COc3cccc(Cl)c3)(CC(N)=O)CC2)CC1. The zero-order valence-electron chi connectivity index (χ0n) is 17.4. The maximum absolute atomic E-state index is 13.0. The second kappa shape index (κ2) is 9.69. The lowest BCUT2D eigenvalue weighted by Gasteiger charge is -2.42. The van der Waals surface area contributed by atoms with Crippen molar-refractivity contribution in [1.29, 1.82) is 0 Å². The number of primary amides is 1. The van der Waals surface area contributed by atoms with E-state index < -0.39 is 0 Å². The van der Waals surface area contributed by atoms with Crippen LogP contribution in [0.25, 0.3) is 0 Å². The van der Waals surface area contributed by atoms with Crippen LogP contribution in [0, 0.1) is 11.3 Å². The second-order valence-corrected chi connectivity index (χ2v) is 8.93. The molecule has 3 rings (SSSR count). The van der Waals surface area contributed by atoms with Crippen molar-refractivity contribution in [3.05, 3.63) is 29.3 Å². The fraction of sp³-hybridized carbons (Fsp3) is 0.591. The van der Waals surface area contributed by atoms with E-state index in [4.69, 9.17) is 22.1 Å². The number of likely N-dealkylation sites (tertiary alicyclic amines) is 2. The molecule has 7 nitrogen and oxygen atoms in total. The number of nitrogens with two attached hydrogens (primary N) is 1. The Hall–Kier alpha value is -2.28. The van der Waals surface area contributed by atoms with Gasteiger partial charge in [-0.3, -0.25) is 14.4 Å². The van der Waals surface area contributed by atoms with Gasteiger partial charge in [0.1, 0.15) is 5.75 Å². The minimum atomic E-state index is -0.386. The molecule has 8 heteroatoms. The van der Waals surface area contributed by atoms with Gasteiger partial charge >= 0.3 is 0 Å². The third-order valence-electron chi connectivity index (χ3n) is 6.32. The number of benzene rings is 1. The third-order valence-corrected chi connectivity index (χ3v) is 6.55. The first-order chi connectivity index (χ1) is 14.3. The highest BCUT2D eigenvalue weighted by Gasteiger charge is 2.39. The predicted octanol–water partition coefficient (Wildman–Crippen LogP) is 2.46. The lowest BCUT2D eigenvalue weighted by atomic mass is 9.75. The molecule has 0 aromatic heterocycles. The summed E-state index contributed by atoms with van der Waals surface area (Å²) in [5.74, 6) is 0.478. The van der Waals surface area contributed by atoms with Crippen LogP contribution in [0.2, 0.25) is 5.02 Å². The molecule has 0 spiro atoms. The normalized spacial score (nSPS) is 19.4. The molecule has 2 saturated heterocycles. The number of amides is 3. The fourth-order valence-electron chi connectivity index (χ4n) is 4.44. The highest BCUT2D eigenvalue weighted by atomic mass is 35.5. The van der Waals surface area contributed by atoms with Gasteiger partial charge in [-0.2, -0.15) is 0 Å². The molecule has 30 heavy (non-hydrogen) atoms. The second-order valence-electron chi connectivity index (χ2n) is 8.49. The molecule has 2 N–H and O–H groups in total. The van der Waals surface area contributed by atoms with Crippen molar-refractivity contribution in [3.8, 4) is 5.75 Å². The number of halogens is 1.